The van der Waals surface area contributed by atoms with E-state index in [1.165, 1.54) is 44.1 Å². The van der Waals surface area contributed by atoms with Gasteiger partial charge in [-0.25, -0.2) is 0 Å². The first-order chi connectivity index (χ1) is 9.65. The van der Waals surface area contributed by atoms with Crippen LogP contribution in [0.5, 0.6) is 0 Å². The van der Waals surface area contributed by atoms with Gasteiger partial charge < -0.3 is 4.90 Å². The van der Waals surface area contributed by atoms with Crippen LogP contribution >= 0.6 is 11.6 Å². The fraction of sp³-hybridized carbons (Fsp3) is 0.556. The van der Waals surface area contributed by atoms with Crippen molar-refractivity contribution in [2.75, 3.05) is 20.6 Å². The lowest BCUT2D eigenvalue weighted by Crippen LogP contribution is -2.17. The monoisotopic (exact) mass is 291 g/mol. The number of benzene rings is 1. The third-order valence-corrected chi connectivity index (χ3v) is 4.30. The molecule has 2 heteroatoms. The minimum atomic E-state index is 0.828. The van der Waals surface area contributed by atoms with Gasteiger partial charge >= 0.3 is 0 Å². The summed E-state index contributed by atoms with van der Waals surface area (Å²) in [7, 11) is 4.34. The lowest BCUT2D eigenvalue weighted by molar-refractivity contribution is 0.429. The molecule has 1 nitrogen and oxygen atoms in total. The average molecular weight is 292 g/mol. The van der Waals surface area contributed by atoms with E-state index >= 15 is 0 Å². The topological polar surface area (TPSA) is 3.24 Å². The average Bonchev–Trinajstić information content (AvgIpc) is 2.39. The van der Waals surface area contributed by atoms with Gasteiger partial charge in [0.1, 0.15) is 0 Å². The van der Waals surface area contributed by atoms with Crippen molar-refractivity contribution in [1.29, 1.82) is 0 Å². The van der Waals surface area contributed by atoms with E-state index in [4.69, 9.17) is 11.6 Å². The predicted octanol–water partition coefficient (Wildman–Crippen LogP) is 5.09. The summed E-state index contributed by atoms with van der Waals surface area (Å²) in [5.41, 5.74) is 4.73. The van der Waals surface area contributed by atoms with Gasteiger partial charge in [0.25, 0.3) is 0 Å². The molecular weight excluding hydrogens is 266 g/mol. The number of allylic oxidation sites excluding steroid dienone is 1. The Labute approximate surface area is 128 Å². The van der Waals surface area contributed by atoms with Crippen molar-refractivity contribution in [3.63, 3.8) is 0 Å². The van der Waals surface area contributed by atoms with Crippen LogP contribution in [-0.2, 0) is 6.42 Å². The Morgan fingerprint density at radius 1 is 0.900 bits per heavy atom. The van der Waals surface area contributed by atoms with Gasteiger partial charge in [-0.2, -0.15) is 0 Å². The quantitative estimate of drug-likeness (QED) is 0.698. The van der Waals surface area contributed by atoms with Gasteiger partial charge in [-0.3, -0.25) is 0 Å². The molecule has 0 spiro atoms. The van der Waals surface area contributed by atoms with Crippen LogP contribution in [0.4, 0.5) is 0 Å². The van der Waals surface area contributed by atoms with E-state index in [2.05, 4.69) is 31.1 Å². The van der Waals surface area contributed by atoms with E-state index in [-0.39, 0.29) is 0 Å². The Morgan fingerprint density at radius 2 is 1.50 bits per heavy atom. The summed E-state index contributed by atoms with van der Waals surface area (Å²) in [4.78, 5) is 2.30. The van der Waals surface area contributed by atoms with Gasteiger partial charge in [-0.15, -0.1) is 0 Å². The Bertz CT molecular complexity index is 445. The highest BCUT2D eigenvalue weighted by Gasteiger charge is 2.12. The van der Waals surface area contributed by atoms with Gasteiger partial charge in [-0.05, 0) is 63.9 Å². The van der Waals surface area contributed by atoms with Crippen molar-refractivity contribution in [3.8, 4) is 0 Å². The number of halogens is 1. The zero-order chi connectivity index (χ0) is 14.4. The molecule has 1 aromatic rings. The minimum Gasteiger partial charge on any atom is -0.305 e. The summed E-state index contributed by atoms with van der Waals surface area (Å²) in [5, 5.41) is 0.828. The summed E-state index contributed by atoms with van der Waals surface area (Å²) >= 11 is 5.98. The molecule has 0 saturated heterocycles. The highest BCUT2D eigenvalue weighted by molar-refractivity contribution is 6.30. The molecule has 1 aliphatic rings. The fourth-order valence-corrected chi connectivity index (χ4v) is 3.14. The molecule has 2 rings (SSSR count). The van der Waals surface area contributed by atoms with Crippen LogP contribution < -0.4 is 0 Å². The van der Waals surface area contributed by atoms with Crippen molar-refractivity contribution in [2.24, 2.45) is 0 Å². The molecule has 0 unspecified atom stereocenters. The molecule has 0 radical (unpaired) electrons. The van der Waals surface area contributed by atoms with Crippen LogP contribution in [-0.4, -0.2) is 25.5 Å². The van der Waals surface area contributed by atoms with E-state index in [9.17, 15) is 0 Å². The van der Waals surface area contributed by atoms with Crippen LogP contribution in [0.25, 0.3) is 0 Å². The van der Waals surface area contributed by atoms with Crippen molar-refractivity contribution >= 4 is 11.6 Å². The zero-order valence-corrected chi connectivity index (χ0v) is 13.5. The van der Waals surface area contributed by atoms with Crippen LogP contribution in [0, 0.1) is 0 Å². The second-order valence-corrected chi connectivity index (χ2v) is 6.60. The maximum Gasteiger partial charge on any atom is 0.0406 e. The molecular formula is C18H26ClN. The Hall–Kier alpha value is -0.790. The first-order valence-electron chi connectivity index (χ1n) is 7.74. The largest absolute Gasteiger partial charge is 0.305 e. The number of hydrogen-bond donors (Lipinski definition) is 0. The first-order valence-corrected chi connectivity index (χ1v) is 8.12. The fourth-order valence-electron chi connectivity index (χ4n) is 3.02. The van der Waals surface area contributed by atoms with E-state index in [0.29, 0.717) is 0 Å². The van der Waals surface area contributed by atoms with E-state index < -0.39 is 0 Å². The number of rotatable bonds is 4. The third kappa shape index (κ3) is 4.96. The minimum absolute atomic E-state index is 0.828. The lowest BCUT2D eigenvalue weighted by atomic mass is 9.89. The molecule has 0 N–H and O–H groups in total. The van der Waals surface area contributed by atoms with Gasteiger partial charge in [0, 0.05) is 11.6 Å². The maximum atomic E-state index is 5.98. The highest BCUT2D eigenvalue weighted by Crippen LogP contribution is 2.26. The van der Waals surface area contributed by atoms with Crippen molar-refractivity contribution in [3.05, 3.63) is 46.0 Å². The molecule has 0 saturated carbocycles. The van der Waals surface area contributed by atoms with Crippen molar-refractivity contribution in [2.45, 2.75) is 44.9 Å². The standard InChI is InChI=1S/C18H26ClN/c1-20(2)14-17-8-6-4-3-5-7-16(17)13-15-9-11-18(19)12-10-15/h9-12H,3-8,13-14H2,1-2H3/b17-16-. The Balaban J connectivity index is 2.17. The molecule has 0 atom stereocenters. The van der Waals surface area contributed by atoms with Gasteiger partial charge in [0.2, 0.25) is 0 Å². The summed E-state index contributed by atoms with van der Waals surface area (Å²) in [6, 6.07) is 8.35. The molecule has 0 aliphatic heterocycles. The SMILES string of the molecule is CN(C)C/C1=C(\Cc2ccc(Cl)cc2)CCCCCC1. The smallest absolute Gasteiger partial charge is 0.0406 e. The molecule has 0 heterocycles. The second kappa shape index (κ2) is 7.85. The van der Waals surface area contributed by atoms with E-state index in [1.807, 2.05) is 12.1 Å². The third-order valence-electron chi connectivity index (χ3n) is 4.04. The summed E-state index contributed by atoms with van der Waals surface area (Å²) in [6.07, 6.45) is 9.13. The molecule has 0 amide bonds. The van der Waals surface area contributed by atoms with Crippen LogP contribution in [0.3, 0.4) is 0 Å². The molecule has 0 aromatic heterocycles. The molecule has 20 heavy (non-hydrogen) atoms. The predicted molar refractivity (Wildman–Crippen MR) is 88.4 cm³/mol. The van der Waals surface area contributed by atoms with Crippen molar-refractivity contribution in [1.82, 2.24) is 4.90 Å². The van der Waals surface area contributed by atoms with Crippen LogP contribution in [0.2, 0.25) is 5.02 Å². The van der Waals surface area contributed by atoms with Gasteiger partial charge in [0.05, 0.1) is 0 Å². The van der Waals surface area contributed by atoms with Gasteiger partial charge in [0.15, 0.2) is 0 Å². The molecule has 0 bridgehead atoms. The lowest BCUT2D eigenvalue weighted by Gasteiger charge is -2.21. The molecule has 1 aromatic carbocycles. The Kier molecular flexibility index (Phi) is 6.12. The molecule has 1 aliphatic carbocycles. The van der Waals surface area contributed by atoms with E-state index in [0.717, 1.165) is 18.0 Å². The second-order valence-electron chi connectivity index (χ2n) is 6.16. The van der Waals surface area contributed by atoms with Crippen molar-refractivity contribution < 1.29 is 0 Å². The number of hydrogen-bond acceptors (Lipinski definition) is 1. The summed E-state index contributed by atoms with van der Waals surface area (Å²) in [6.45, 7) is 1.11. The maximum absolute atomic E-state index is 5.98. The highest BCUT2D eigenvalue weighted by atomic mass is 35.5. The van der Waals surface area contributed by atoms with Gasteiger partial charge in [-0.1, -0.05) is 47.7 Å². The zero-order valence-electron chi connectivity index (χ0n) is 12.8. The van der Waals surface area contributed by atoms with Crippen LogP contribution in [0.1, 0.15) is 44.1 Å². The molecule has 0 fully saturated rings. The Morgan fingerprint density at radius 3 is 2.10 bits per heavy atom. The normalized spacial score (nSPS) is 20.8. The summed E-state index contributed by atoms with van der Waals surface area (Å²) < 4.78 is 0. The molecule has 110 valence electrons. The number of nitrogens with zero attached hydrogens (tertiary/aromatic N) is 1. The van der Waals surface area contributed by atoms with Crippen LogP contribution in [0.15, 0.2) is 35.4 Å². The number of likely N-dealkylation sites (N-methyl/N-ethyl adjacent to an activating group) is 1. The summed E-state index contributed by atoms with van der Waals surface area (Å²) in [5.74, 6) is 0. The first kappa shape index (κ1) is 15.6. The van der Waals surface area contributed by atoms with E-state index in [1.54, 1.807) is 11.1 Å².